The number of amides is 2. The van der Waals surface area contributed by atoms with Crippen LogP contribution in [-0.2, 0) is 22.7 Å². The Morgan fingerprint density at radius 3 is 2.04 bits per heavy atom. The van der Waals surface area contributed by atoms with Gasteiger partial charge in [-0.05, 0) is 24.0 Å². The molecule has 0 unspecified atom stereocenters. The highest BCUT2D eigenvalue weighted by molar-refractivity contribution is 5.94. The SMILES string of the molecule is O=C1[C@H](CCCO)N(Cc2ccccc2)C(=O)CN1Cc1ccccc1. The van der Waals surface area contributed by atoms with Gasteiger partial charge in [0.1, 0.15) is 12.6 Å². The summed E-state index contributed by atoms with van der Waals surface area (Å²) in [7, 11) is 0. The summed E-state index contributed by atoms with van der Waals surface area (Å²) in [5.41, 5.74) is 2.00. The maximum absolute atomic E-state index is 13.0. The van der Waals surface area contributed by atoms with Crippen molar-refractivity contribution in [1.29, 1.82) is 0 Å². The molecule has 26 heavy (non-hydrogen) atoms. The van der Waals surface area contributed by atoms with Crippen molar-refractivity contribution in [1.82, 2.24) is 9.80 Å². The zero-order valence-electron chi connectivity index (χ0n) is 14.8. The topological polar surface area (TPSA) is 60.9 Å². The van der Waals surface area contributed by atoms with Crippen molar-refractivity contribution in [2.45, 2.75) is 32.0 Å². The van der Waals surface area contributed by atoms with Crippen molar-refractivity contribution < 1.29 is 14.7 Å². The Labute approximate surface area is 153 Å². The van der Waals surface area contributed by atoms with Gasteiger partial charge in [0, 0.05) is 19.7 Å². The van der Waals surface area contributed by atoms with Crippen LogP contribution in [0.25, 0.3) is 0 Å². The molecule has 2 amide bonds. The van der Waals surface area contributed by atoms with E-state index in [1.165, 1.54) is 0 Å². The van der Waals surface area contributed by atoms with E-state index in [1.807, 2.05) is 60.7 Å². The van der Waals surface area contributed by atoms with Gasteiger partial charge in [-0.2, -0.15) is 0 Å². The summed E-state index contributed by atoms with van der Waals surface area (Å²) in [5.74, 6) is -0.0924. The lowest BCUT2D eigenvalue weighted by Gasteiger charge is -2.40. The maximum Gasteiger partial charge on any atom is 0.246 e. The Morgan fingerprint density at radius 1 is 0.885 bits per heavy atom. The predicted octanol–water partition coefficient (Wildman–Crippen LogP) is 2.20. The third-order valence-corrected chi connectivity index (χ3v) is 4.67. The van der Waals surface area contributed by atoms with Crippen LogP contribution >= 0.6 is 0 Å². The Kier molecular flexibility index (Phi) is 6.02. The van der Waals surface area contributed by atoms with Crippen molar-refractivity contribution in [3.05, 3.63) is 71.8 Å². The molecule has 3 rings (SSSR count). The second-order valence-electron chi connectivity index (χ2n) is 6.57. The smallest absolute Gasteiger partial charge is 0.246 e. The summed E-state index contributed by atoms with van der Waals surface area (Å²) >= 11 is 0. The molecular formula is C21H24N2O3. The fraction of sp³-hybridized carbons (Fsp3) is 0.333. The molecule has 1 saturated heterocycles. The minimum Gasteiger partial charge on any atom is -0.396 e. The van der Waals surface area contributed by atoms with Crippen LogP contribution in [-0.4, -0.2) is 45.9 Å². The molecule has 0 aliphatic carbocycles. The van der Waals surface area contributed by atoms with Crippen molar-refractivity contribution in [2.24, 2.45) is 0 Å². The van der Waals surface area contributed by atoms with E-state index in [4.69, 9.17) is 0 Å². The average Bonchev–Trinajstić information content (AvgIpc) is 2.67. The van der Waals surface area contributed by atoms with Gasteiger partial charge in [0.2, 0.25) is 11.8 Å². The maximum atomic E-state index is 13.0. The third-order valence-electron chi connectivity index (χ3n) is 4.67. The van der Waals surface area contributed by atoms with E-state index in [9.17, 15) is 14.7 Å². The molecule has 1 aliphatic rings. The van der Waals surface area contributed by atoms with Crippen LogP contribution in [0.15, 0.2) is 60.7 Å². The predicted molar refractivity (Wildman–Crippen MR) is 99.0 cm³/mol. The summed E-state index contributed by atoms with van der Waals surface area (Å²) in [5, 5.41) is 9.20. The first kappa shape index (κ1) is 18.1. The van der Waals surface area contributed by atoms with E-state index in [-0.39, 0.29) is 25.0 Å². The highest BCUT2D eigenvalue weighted by Gasteiger charge is 2.38. The number of nitrogens with zero attached hydrogens (tertiary/aromatic N) is 2. The van der Waals surface area contributed by atoms with Crippen LogP contribution in [0.4, 0.5) is 0 Å². The molecule has 5 nitrogen and oxygen atoms in total. The Balaban J connectivity index is 1.78. The number of benzene rings is 2. The van der Waals surface area contributed by atoms with Gasteiger partial charge in [0.05, 0.1) is 0 Å². The zero-order valence-corrected chi connectivity index (χ0v) is 14.8. The molecule has 1 N–H and O–H groups in total. The van der Waals surface area contributed by atoms with Gasteiger partial charge >= 0.3 is 0 Å². The van der Waals surface area contributed by atoms with E-state index in [0.717, 1.165) is 11.1 Å². The molecule has 2 aromatic rings. The van der Waals surface area contributed by atoms with Crippen LogP contribution in [0, 0.1) is 0 Å². The van der Waals surface area contributed by atoms with E-state index in [1.54, 1.807) is 9.80 Å². The largest absolute Gasteiger partial charge is 0.396 e. The number of aliphatic hydroxyl groups is 1. The van der Waals surface area contributed by atoms with E-state index in [2.05, 4.69) is 0 Å². The molecule has 5 heteroatoms. The van der Waals surface area contributed by atoms with Crippen LogP contribution < -0.4 is 0 Å². The van der Waals surface area contributed by atoms with E-state index >= 15 is 0 Å². The number of piperazine rings is 1. The van der Waals surface area contributed by atoms with Crippen LogP contribution in [0.1, 0.15) is 24.0 Å². The number of hydrogen-bond acceptors (Lipinski definition) is 3. The molecule has 0 saturated carbocycles. The molecule has 1 atom stereocenters. The van der Waals surface area contributed by atoms with Gasteiger partial charge in [-0.1, -0.05) is 60.7 Å². The normalized spacial score (nSPS) is 17.7. The van der Waals surface area contributed by atoms with Gasteiger partial charge < -0.3 is 14.9 Å². The second kappa shape index (κ2) is 8.63. The summed E-state index contributed by atoms with van der Waals surface area (Å²) in [6, 6.07) is 18.9. The van der Waals surface area contributed by atoms with Crippen LogP contribution in [0.3, 0.4) is 0 Å². The summed E-state index contributed by atoms with van der Waals surface area (Å²) in [6.07, 6.45) is 0.966. The molecule has 0 spiro atoms. The molecule has 0 bridgehead atoms. The molecule has 136 valence electrons. The van der Waals surface area contributed by atoms with E-state index < -0.39 is 6.04 Å². The third kappa shape index (κ3) is 4.29. The van der Waals surface area contributed by atoms with Crippen LogP contribution in [0.2, 0.25) is 0 Å². The number of carbonyl (C=O) groups excluding carboxylic acids is 2. The summed E-state index contributed by atoms with van der Waals surface area (Å²) < 4.78 is 0. The first-order valence-electron chi connectivity index (χ1n) is 8.96. The standard InChI is InChI=1S/C21H24N2O3/c24-13-7-12-19-21(26)22(14-17-8-3-1-4-9-17)16-20(25)23(19)15-18-10-5-2-6-11-18/h1-6,8-11,19,24H,7,12-16H2/t19-/m0/s1. The average molecular weight is 352 g/mol. The molecule has 1 fully saturated rings. The lowest BCUT2D eigenvalue weighted by atomic mass is 10.0. The number of aliphatic hydroxyl groups excluding tert-OH is 1. The number of rotatable bonds is 7. The monoisotopic (exact) mass is 352 g/mol. The quantitative estimate of drug-likeness (QED) is 0.831. The fourth-order valence-corrected chi connectivity index (χ4v) is 3.33. The van der Waals surface area contributed by atoms with Gasteiger partial charge in [-0.15, -0.1) is 0 Å². The highest BCUT2D eigenvalue weighted by atomic mass is 16.3. The Hall–Kier alpha value is -2.66. The van der Waals surface area contributed by atoms with Crippen LogP contribution in [0.5, 0.6) is 0 Å². The molecule has 0 aromatic heterocycles. The summed E-state index contributed by atoms with van der Waals surface area (Å²) in [4.78, 5) is 29.1. The summed E-state index contributed by atoms with van der Waals surface area (Å²) in [6.45, 7) is 0.951. The number of hydrogen-bond donors (Lipinski definition) is 1. The van der Waals surface area contributed by atoms with Gasteiger partial charge in [0.25, 0.3) is 0 Å². The Bertz CT molecular complexity index is 733. The van der Waals surface area contributed by atoms with Gasteiger partial charge in [-0.3, -0.25) is 9.59 Å². The molecule has 1 aliphatic heterocycles. The molecule has 0 radical (unpaired) electrons. The second-order valence-corrected chi connectivity index (χ2v) is 6.57. The first-order valence-corrected chi connectivity index (χ1v) is 8.96. The lowest BCUT2D eigenvalue weighted by molar-refractivity contribution is -0.157. The van der Waals surface area contributed by atoms with Crippen molar-refractivity contribution in [3.63, 3.8) is 0 Å². The first-order chi connectivity index (χ1) is 12.7. The van der Waals surface area contributed by atoms with Crippen molar-refractivity contribution in [3.8, 4) is 0 Å². The minimum absolute atomic E-state index is 0.00975. The molecular weight excluding hydrogens is 328 g/mol. The lowest BCUT2D eigenvalue weighted by Crippen LogP contribution is -2.59. The molecule has 2 aromatic carbocycles. The molecule has 1 heterocycles. The zero-order chi connectivity index (χ0) is 18.4. The van der Waals surface area contributed by atoms with Crippen molar-refractivity contribution in [2.75, 3.05) is 13.2 Å². The van der Waals surface area contributed by atoms with E-state index in [0.29, 0.717) is 25.9 Å². The highest BCUT2D eigenvalue weighted by Crippen LogP contribution is 2.21. The van der Waals surface area contributed by atoms with Gasteiger partial charge in [0.15, 0.2) is 0 Å². The fourth-order valence-electron chi connectivity index (χ4n) is 3.33. The van der Waals surface area contributed by atoms with Crippen molar-refractivity contribution >= 4 is 11.8 Å². The Morgan fingerprint density at radius 2 is 1.46 bits per heavy atom. The number of carbonyl (C=O) groups is 2. The minimum atomic E-state index is -0.521. The van der Waals surface area contributed by atoms with Gasteiger partial charge in [-0.25, -0.2) is 0 Å².